The second kappa shape index (κ2) is 7.69. The number of nitrogens with zero attached hydrogens (tertiary/aromatic N) is 4. The van der Waals surface area contributed by atoms with E-state index in [1.165, 1.54) is 28.9 Å². The van der Waals surface area contributed by atoms with Crippen molar-refractivity contribution in [3.05, 3.63) is 86.4 Å². The molecule has 0 radical (unpaired) electrons. The molecule has 1 N–H and O–H groups in total. The third-order valence-electron chi connectivity index (χ3n) is 4.32. The number of nitro benzene ring substituents is 1. The Hall–Kier alpha value is -3.17. The molecule has 1 atom stereocenters. The van der Waals surface area contributed by atoms with Crippen molar-refractivity contribution < 1.29 is 9.72 Å². The number of nitrogens with one attached hydrogen (secondary N) is 1. The molecule has 0 unspecified atom stereocenters. The number of amidine groups is 1. The molecule has 0 aromatic heterocycles. The number of hydrazone groups is 1. The third kappa shape index (κ3) is 3.50. The molecule has 0 bridgehead atoms. The molecule has 0 fully saturated rings. The molecule has 2 aliphatic rings. The minimum atomic E-state index is -0.749. The van der Waals surface area contributed by atoms with Gasteiger partial charge in [-0.05, 0) is 12.1 Å². The van der Waals surface area contributed by atoms with Crippen LogP contribution in [0.25, 0.3) is 5.70 Å². The number of hydrogen-bond acceptors (Lipinski definition) is 7. The summed E-state index contributed by atoms with van der Waals surface area (Å²) in [5, 5.41) is 21.8. The number of carbonyl (C=O) groups excluding carboxylic acids is 1. The molecular weight excluding hydrogens is 414 g/mol. The van der Waals surface area contributed by atoms with Gasteiger partial charge in [-0.25, -0.2) is 5.01 Å². The first-order valence-corrected chi connectivity index (χ1v) is 9.90. The summed E-state index contributed by atoms with van der Waals surface area (Å²) in [5.74, 6) is 0.245. The summed E-state index contributed by atoms with van der Waals surface area (Å²) in [6.07, 6.45) is 0.954. The predicted molar refractivity (Wildman–Crippen MR) is 112 cm³/mol. The fraction of sp³-hybridized carbons (Fsp3) is 0.105. The van der Waals surface area contributed by atoms with Gasteiger partial charge in [-0.3, -0.25) is 25.2 Å². The Morgan fingerprint density at radius 2 is 2.14 bits per heavy atom. The van der Waals surface area contributed by atoms with Crippen LogP contribution in [0.15, 0.2) is 65.2 Å². The Bertz CT molecular complexity index is 1200. The van der Waals surface area contributed by atoms with Gasteiger partial charge in [-0.1, -0.05) is 53.7 Å². The fourth-order valence-corrected chi connectivity index (χ4v) is 3.85. The van der Waals surface area contributed by atoms with Gasteiger partial charge in [-0.2, -0.15) is 0 Å². The zero-order chi connectivity index (χ0) is 20.5. The Balaban J connectivity index is 1.92. The van der Waals surface area contributed by atoms with Gasteiger partial charge >= 0.3 is 0 Å². The molecule has 2 aliphatic heterocycles. The highest BCUT2D eigenvalue weighted by Crippen LogP contribution is 2.34. The average Bonchev–Trinajstić information content (AvgIpc) is 2.71. The number of hydrogen-bond donors (Lipinski definition) is 1. The monoisotopic (exact) mass is 427 g/mol. The highest BCUT2D eigenvalue weighted by molar-refractivity contribution is 8.14. The van der Waals surface area contributed by atoms with Crippen LogP contribution in [0.5, 0.6) is 0 Å². The van der Waals surface area contributed by atoms with Crippen molar-refractivity contribution in [2.24, 2.45) is 10.1 Å². The number of fused-ring (bicyclic) bond motifs is 2. The van der Waals surface area contributed by atoms with Crippen LogP contribution in [-0.2, 0) is 4.79 Å². The summed E-state index contributed by atoms with van der Waals surface area (Å²) in [4.78, 5) is 28.4. The van der Waals surface area contributed by atoms with E-state index in [0.717, 1.165) is 0 Å². The first-order valence-electron chi connectivity index (χ1n) is 8.53. The van der Waals surface area contributed by atoms with E-state index in [1.807, 2.05) is 12.1 Å². The molecular formula is C19H14ClN5O3S. The van der Waals surface area contributed by atoms with Crippen molar-refractivity contribution in [3.63, 3.8) is 0 Å². The average molecular weight is 428 g/mol. The second-order valence-corrected chi connectivity index (χ2v) is 7.56. The van der Waals surface area contributed by atoms with Gasteiger partial charge in [0.25, 0.3) is 11.6 Å². The van der Waals surface area contributed by atoms with E-state index in [2.05, 4.69) is 17.0 Å². The van der Waals surface area contributed by atoms with Gasteiger partial charge < -0.3 is 0 Å². The van der Waals surface area contributed by atoms with Gasteiger partial charge in [0.05, 0.1) is 10.3 Å². The van der Waals surface area contributed by atoms with Gasteiger partial charge in [0.2, 0.25) is 0 Å². The minimum absolute atomic E-state index is 0.0290. The Morgan fingerprint density at radius 1 is 1.34 bits per heavy atom. The Morgan fingerprint density at radius 3 is 2.90 bits per heavy atom. The van der Waals surface area contributed by atoms with Crippen molar-refractivity contribution >= 4 is 45.8 Å². The number of rotatable bonds is 4. The van der Waals surface area contributed by atoms with Gasteiger partial charge in [-0.15, -0.1) is 11.7 Å². The van der Waals surface area contributed by atoms with Crippen LogP contribution in [0.1, 0.15) is 11.7 Å². The zero-order valence-corrected chi connectivity index (χ0v) is 16.5. The lowest BCUT2D eigenvalue weighted by atomic mass is 10.1. The lowest BCUT2D eigenvalue weighted by Gasteiger charge is -2.34. The molecule has 10 heteroatoms. The molecule has 0 saturated carbocycles. The van der Waals surface area contributed by atoms with Gasteiger partial charge in [0, 0.05) is 22.6 Å². The van der Waals surface area contributed by atoms with Crippen LogP contribution in [0.4, 0.5) is 5.69 Å². The van der Waals surface area contributed by atoms with E-state index < -0.39 is 11.1 Å². The summed E-state index contributed by atoms with van der Waals surface area (Å²) < 4.78 is 0. The largest absolute Gasteiger partial charge is 0.298 e. The van der Waals surface area contributed by atoms with Gasteiger partial charge in [0.15, 0.2) is 11.3 Å². The number of para-hydroxylation sites is 1. The second-order valence-electron chi connectivity index (χ2n) is 6.14. The minimum Gasteiger partial charge on any atom is -0.298 e. The van der Waals surface area contributed by atoms with Crippen molar-refractivity contribution in [2.45, 2.75) is 6.17 Å². The molecule has 0 aliphatic carbocycles. The summed E-state index contributed by atoms with van der Waals surface area (Å²) in [6, 6.07) is 11.7. The molecule has 0 spiro atoms. The number of benzene rings is 2. The highest BCUT2D eigenvalue weighted by atomic mass is 35.5. The number of amides is 1. The summed E-state index contributed by atoms with van der Waals surface area (Å²) in [6.45, 7) is 3.67. The van der Waals surface area contributed by atoms with Crippen molar-refractivity contribution in [3.8, 4) is 0 Å². The van der Waals surface area contributed by atoms with Crippen LogP contribution < -0.4 is 15.9 Å². The van der Waals surface area contributed by atoms with E-state index in [4.69, 9.17) is 16.6 Å². The van der Waals surface area contributed by atoms with Crippen molar-refractivity contribution in [1.29, 1.82) is 0 Å². The molecule has 8 nitrogen and oxygen atoms in total. The Labute approximate surface area is 174 Å². The van der Waals surface area contributed by atoms with Crippen LogP contribution in [-0.4, -0.2) is 26.8 Å². The fourth-order valence-electron chi connectivity index (χ4n) is 3.08. The summed E-state index contributed by atoms with van der Waals surface area (Å²) in [5.41, 5.74) is 0.604. The lowest BCUT2D eigenvalue weighted by molar-refractivity contribution is -0.384. The Kier molecular flexibility index (Phi) is 5.08. The van der Waals surface area contributed by atoms with E-state index in [-0.39, 0.29) is 16.6 Å². The van der Waals surface area contributed by atoms with E-state index in [9.17, 15) is 14.9 Å². The molecule has 2 aromatic carbocycles. The van der Waals surface area contributed by atoms with E-state index in [0.29, 0.717) is 32.8 Å². The molecule has 29 heavy (non-hydrogen) atoms. The zero-order valence-electron chi connectivity index (χ0n) is 14.9. The van der Waals surface area contributed by atoms with E-state index in [1.54, 1.807) is 24.3 Å². The van der Waals surface area contributed by atoms with Crippen LogP contribution >= 0.6 is 23.4 Å². The number of halogens is 1. The standard InChI is InChI=1S/C19H14ClN5O3S/c1-2-9-29-19-22-18(26)16-12-5-3-4-6-14(12)21-17(24(16)23-19)11-7-8-13(20)15(10-11)25(27)28/h2-8,10,17H,1,9H2,(H,22,23,26)/t17-/m1/s1. The number of nitro groups is 1. The summed E-state index contributed by atoms with van der Waals surface area (Å²) in [7, 11) is 0. The molecule has 146 valence electrons. The first-order chi connectivity index (χ1) is 14.0. The first kappa shape index (κ1) is 19.2. The topological polar surface area (TPSA) is 100 Å². The maximum absolute atomic E-state index is 12.9. The molecule has 1 amide bonds. The normalized spacial score (nSPS) is 17.5. The molecule has 4 rings (SSSR count). The lowest BCUT2D eigenvalue weighted by Crippen LogP contribution is -2.50. The molecule has 2 aromatic rings. The van der Waals surface area contributed by atoms with E-state index >= 15 is 0 Å². The predicted octanol–water partition coefficient (Wildman–Crippen LogP) is 2.31. The maximum atomic E-state index is 12.9. The highest BCUT2D eigenvalue weighted by Gasteiger charge is 2.35. The third-order valence-corrected chi connectivity index (χ3v) is 5.50. The smallest absolute Gasteiger partial charge is 0.288 e. The van der Waals surface area contributed by atoms with Crippen LogP contribution in [0.2, 0.25) is 5.02 Å². The van der Waals surface area contributed by atoms with Gasteiger partial charge in [0.1, 0.15) is 10.7 Å². The van der Waals surface area contributed by atoms with Crippen LogP contribution in [0.3, 0.4) is 0 Å². The number of carbonyl (C=O) groups is 1. The maximum Gasteiger partial charge on any atom is 0.288 e. The SMILES string of the molecule is C=CCSC1=NN2C(=c3ccccc3=N[C@H]2c2ccc(Cl)c([N+](=O)[O-])c2)C(=O)N1. The molecule has 0 saturated heterocycles. The summed E-state index contributed by atoms with van der Waals surface area (Å²) >= 11 is 7.28. The van der Waals surface area contributed by atoms with Crippen LogP contribution in [0, 0.1) is 10.1 Å². The molecule has 2 heterocycles. The number of thioether (sulfide) groups is 1. The van der Waals surface area contributed by atoms with Crippen molar-refractivity contribution in [1.82, 2.24) is 10.3 Å². The van der Waals surface area contributed by atoms with Crippen molar-refractivity contribution in [2.75, 3.05) is 5.75 Å². The quantitative estimate of drug-likeness (QED) is 0.458.